The van der Waals surface area contributed by atoms with Crippen molar-refractivity contribution < 1.29 is 37.8 Å². The van der Waals surface area contributed by atoms with Crippen LogP contribution in [0.1, 0.15) is 45.8 Å². The third-order valence-corrected chi connectivity index (χ3v) is 5.25. The summed E-state index contributed by atoms with van der Waals surface area (Å²) in [6.45, 7) is 3.03. The van der Waals surface area contributed by atoms with Crippen LogP contribution in [0.25, 0.3) is 11.0 Å². The molecular formula is C23H23F3N4O5. The fourth-order valence-corrected chi connectivity index (χ4v) is 3.51. The summed E-state index contributed by atoms with van der Waals surface area (Å²) in [4.78, 5) is 42.6. The second-order valence-electron chi connectivity index (χ2n) is 7.89. The molecular weight excluding hydrogens is 469 g/mol. The molecule has 0 bridgehead atoms. The number of likely N-dealkylation sites (tertiary alicyclic amines) is 1. The topological polar surface area (TPSA) is 136 Å². The number of carboxylic acid groups (broad SMARTS) is 2. The van der Waals surface area contributed by atoms with Crippen LogP contribution in [-0.4, -0.2) is 62.2 Å². The van der Waals surface area contributed by atoms with E-state index in [4.69, 9.17) is 15.0 Å². The van der Waals surface area contributed by atoms with Crippen LogP contribution in [-0.2, 0) is 11.3 Å². The van der Waals surface area contributed by atoms with Gasteiger partial charge in [-0.25, -0.2) is 14.6 Å². The van der Waals surface area contributed by atoms with E-state index >= 15 is 0 Å². The first kappa shape index (κ1) is 25.7. The monoisotopic (exact) mass is 492 g/mol. The van der Waals surface area contributed by atoms with Crippen LogP contribution in [0, 0.1) is 0 Å². The number of piperidine rings is 1. The lowest BCUT2D eigenvalue weighted by Crippen LogP contribution is -2.29. The Kier molecular flexibility index (Phi) is 8.07. The molecule has 1 amide bonds. The minimum atomic E-state index is -5.08. The number of carbonyl (C=O) groups is 3. The second kappa shape index (κ2) is 11.0. The fraction of sp³-hybridized carbons (Fsp3) is 0.304. The van der Waals surface area contributed by atoms with Gasteiger partial charge in [-0.3, -0.25) is 9.69 Å². The average Bonchev–Trinajstić information content (AvgIpc) is 3.21. The standard InChI is InChI=1S/C21H22N4O3.C2HF3O2/c26-20(14-4-6-15(7-5-14)21(27)28)22-16-8-9-17-18(12-16)24-19(23-17)13-25-10-2-1-3-11-25;3-2(4,5)1(6)7/h4-9,12H,1-3,10-11,13H2,(H,22,26)(H,23,24)(H,27,28);(H,6,7). The second-order valence-corrected chi connectivity index (χ2v) is 7.89. The highest BCUT2D eigenvalue weighted by atomic mass is 19.4. The molecule has 0 spiro atoms. The van der Waals surface area contributed by atoms with Crippen LogP contribution in [0.4, 0.5) is 18.9 Å². The van der Waals surface area contributed by atoms with Crippen molar-refractivity contribution >= 4 is 34.6 Å². The van der Waals surface area contributed by atoms with Crippen molar-refractivity contribution in [1.29, 1.82) is 0 Å². The zero-order chi connectivity index (χ0) is 25.6. The van der Waals surface area contributed by atoms with Crippen molar-refractivity contribution in [3.05, 3.63) is 59.4 Å². The molecule has 2 aromatic carbocycles. The molecule has 0 atom stereocenters. The number of aliphatic carboxylic acids is 1. The summed E-state index contributed by atoms with van der Waals surface area (Å²) in [5.41, 5.74) is 2.96. The van der Waals surface area contributed by atoms with Gasteiger partial charge in [0.05, 0.1) is 23.1 Å². The molecule has 0 aliphatic carbocycles. The Hall–Kier alpha value is -3.93. The fourth-order valence-electron chi connectivity index (χ4n) is 3.51. The highest BCUT2D eigenvalue weighted by Crippen LogP contribution is 2.20. The summed E-state index contributed by atoms with van der Waals surface area (Å²) in [5, 5.41) is 18.9. The molecule has 2 heterocycles. The van der Waals surface area contributed by atoms with Gasteiger partial charge in [-0.2, -0.15) is 13.2 Å². The van der Waals surface area contributed by atoms with Gasteiger partial charge in [0.25, 0.3) is 5.91 Å². The van der Waals surface area contributed by atoms with Crippen molar-refractivity contribution in [2.24, 2.45) is 0 Å². The van der Waals surface area contributed by atoms with Gasteiger partial charge in [-0.05, 0) is 68.4 Å². The first-order chi connectivity index (χ1) is 16.5. The van der Waals surface area contributed by atoms with Gasteiger partial charge in [-0.15, -0.1) is 0 Å². The molecule has 186 valence electrons. The summed E-state index contributed by atoms with van der Waals surface area (Å²) >= 11 is 0. The van der Waals surface area contributed by atoms with E-state index < -0.39 is 18.1 Å². The third-order valence-electron chi connectivity index (χ3n) is 5.25. The molecule has 0 saturated carbocycles. The number of carboxylic acids is 2. The highest BCUT2D eigenvalue weighted by molar-refractivity contribution is 6.05. The zero-order valence-corrected chi connectivity index (χ0v) is 18.4. The number of aromatic carboxylic acids is 1. The maximum atomic E-state index is 12.4. The van der Waals surface area contributed by atoms with Crippen LogP contribution in [0.5, 0.6) is 0 Å². The van der Waals surface area contributed by atoms with E-state index in [1.807, 2.05) is 18.2 Å². The third kappa shape index (κ3) is 7.27. The minimum Gasteiger partial charge on any atom is -0.478 e. The van der Waals surface area contributed by atoms with E-state index in [9.17, 15) is 22.8 Å². The minimum absolute atomic E-state index is 0.150. The Morgan fingerprint density at radius 1 is 0.971 bits per heavy atom. The van der Waals surface area contributed by atoms with Gasteiger partial charge < -0.3 is 20.5 Å². The number of nitrogens with one attached hydrogen (secondary N) is 2. The van der Waals surface area contributed by atoms with Crippen molar-refractivity contribution in [2.45, 2.75) is 32.0 Å². The number of aromatic amines is 1. The van der Waals surface area contributed by atoms with Gasteiger partial charge in [0, 0.05) is 11.3 Å². The lowest BCUT2D eigenvalue weighted by molar-refractivity contribution is -0.192. The van der Waals surface area contributed by atoms with Crippen molar-refractivity contribution in [2.75, 3.05) is 18.4 Å². The molecule has 4 N–H and O–H groups in total. The number of fused-ring (bicyclic) bond motifs is 1. The van der Waals surface area contributed by atoms with Gasteiger partial charge in [-0.1, -0.05) is 6.42 Å². The number of amides is 1. The predicted octanol–water partition coefficient (Wildman–Crippen LogP) is 4.13. The molecule has 1 aliphatic heterocycles. The smallest absolute Gasteiger partial charge is 0.478 e. The van der Waals surface area contributed by atoms with E-state index in [0.717, 1.165) is 36.5 Å². The van der Waals surface area contributed by atoms with Crippen LogP contribution in [0.2, 0.25) is 0 Å². The molecule has 4 rings (SSSR count). The average molecular weight is 492 g/mol. The lowest BCUT2D eigenvalue weighted by Gasteiger charge is -2.25. The van der Waals surface area contributed by atoms with E-state index in [2.05, 4.69) is 20.2 Å². The quantitative estimate of drug-likeness (QED) is 0.420. The molecule has 1 saturated heterocycles. The number of carbonyl (C=O) groups excluding carboxylic acids is 1. The first-order valence-electron chi connectivity index (χ1n) is 10.7. The number of hydrogen-bond acceptors (Lipinski definition) is 5. The molecule has 1 aliphatic rings. The predicted molar refractivity (Wildman–Crippen MR) is 120 cm³/mol. The summed E-state index contributed by atoms with van der Waals surface area (Å²) in [6, 6.07) is 11.4. The van der Waals surface area contributed by atoms with E-state index in [1.54, 1.807) is 0 Å². The Labute approximate surface area is 197 Å². The number of aromatic nitrogens is 2. The molecule has 12 heteroatoms. The molecule has 0 radical (unpaired) electrons. The molecule has 1 aromatic heterocycles. The van der Waals surface area contributed by atoms with E-state index in [1.165, 1.54) is 43.5 Å². The van der Waals surface area contributed by atoms with Crippen molar-refractivity contribution in [3.8, 4) is 0 Å². The van der Waals surface area contributed by atoms with Crippen molar-refractivity contribution in [1.82, 2.24) is 14.9 Å². The Bertz CT molecular complexity index is 1200. The van der Waals surface area contributed by atoms with Crippen LogP contribution in [0.15, 0.2) is 42.5 Å². The molecule has 35 heavy (non-hydrogen) atoms. The number of alkyl halides is 3. The van der Waals surface area contributed by atoms with Gasteiger partial charge in [0.15, 0.2) is 0 Å². The number of H-pyrrole nitrogens is 1. The van der Waals surface area contributed by atoms with Crippen LogP contribution >= 0.6 is 0 Å². The Morgan fingerprint density at radius 2 is 1.57 bits per heavy atom. The molecule has 1 fully saturated rings. The molecule has 3 aromatic rings. The number of benzene rings is 2. The number of halogens is 3. The van der Waals surface area contributed by atoms with Crippen LogP contribution in [0.3, 0.4) is 0 Å². The van der Waals surface area contributed by atoms with E-state index in [0.29, 0.717) is 11.3 Å². The zero-order valence-electron chi connectivity index (χ0n) is 18.4. The van der Waals surface area contributed by atoms with Crippen molar-refractivity contribution in [3.63, 3.8) is 0 Å². The SMILES string of the molecule is O=C(O)C(F)(F)F.O=C(O)c1ccc(C(=O)Nc2ccc3nc(CN4CCCCC4)[nH]c3c2)cc1. The maximum absolute atomic E-state index is 12.4. The molecule has 9 nitrogen and oxygen atoms in total. The summed E-state index contributed by atoms with van der Waals surface area (Å²) in [6.07, 6.45) is -1.30. The maximum Gasteiger partial charge on any atom is 0.490 e. The Morgan fingerprint density at radius 3 is 2.14 bits per heavy atom. The number of hydrogen-bond donors (Lipinski definition) is 4. The summed E-state index contributed by atoms with van der Waals surface area (Å²) in [7, 11) is 0. The largest absolute Gasteiger partial charge is 0.490 e. The first-order valence-corrected chi connectivity index (χ1v) is 10.7. The Balaban J connectivity index is 0.000000429. The van der Waals surface area contributed by atoms with Gasteiger partial charge in [0.1, 0.15) is 5.82 Å². The van der Waals surface area contributed by atoms with Gasteiger partial charge in [0.2, 0.25) is 0 Å². The highest BCUT2D eigenvalue weighted by Gasteiger charge is 2.38. The normalized spacial score (nSPS) is 14.1. The van der Waals surface area contributed by atoms with Gasteiger partial charge >= 0.3 is 18.1 Å². The summed E-state index contributed by atoms with van der Waals surface area (Å²) in [5.74, 6) is -3.13. The summed E-state index contributed by atoms with van der Waals surface area (Å²) < 4.78 is 31.7. The lowest BCUT2D eigenvalue weighted by atomic mass is 10.1. The number of nitrogens with zero attached hydrogens (tertiary/aromatic N) is 2. The number of imidazole rings is 1. The number of anilines is 1. The van der Waals surface area contributed by atoms with E-state index in [-0.39, 0.29) is 11.5 Å². The molecule has 0 unspecified atom stereocenters. The van der Waals surface area contributed by atoms with Crippen LogP contribution < -0.4 is 5.32 Å². The number of rotatable bonds is 5.